The Hall–Kier alpha value is -3.79. The lowest BCUT2D eigenvalue weighted by atomic mass is 10.2. The Morgan fingerprint density at radius 3 is 2.73 bits per heavy atom. The van der Waals surface area contributed by atoms with Gasteiger partial charge in [-0.2, -0.15) is 4.98 Å². The number of fused-ring (bicyclic) bond motifs is 1. The van der Waals surface area contributed by atoms with E-state index >= 15 is 0 Å². The summed E-state index contributed by atoms with van der Waals surface area (Å²) in [6, 6.07) is 8.06. The van der Waals surface area contributed by atoms with Crippen LogP contribution in [-0.4, -0.2) is 29.2 Å². The third kappa shape index (κ3) is 3.85. The maximum atomic E-state index is 14.2. The molecule has 0 fully saturated rings. The minimum absolute atomic E-state index is 0.0655. The van der Waals surface area contributed by atoms with E-state index in [0.717, 1.165) is 6.20 Å². The summed E-state index contributed by atoms with van der Waals surface area (Å²) < 4.78 is 29.7. The molecule has 3 N–H and O–H groups in total. The van der Waals surface area contributed by atoms with Gasteiger partial charge < -0.3 is 24.5 Å². The molecule has 0 saturated heterocycles. The minimum atomic E-state index is -0.660. The Bertz CT molecular complexity index is 1290. The Morgan fingerprint density at radius 2 is 1.97 bits per heavy atom. The van der Waals surface area contributed by atoms with Gasteiger partial charge in [-0.15, -0.1) is 0 Å². The minimum Gasteiger partial charge on any atom is -0.493 e. The highest BCUT2D eigenvalue weighted by molar-refractivity contribution is 6.32. The van der Waals surface area contributed by atoms with Crippen LogP contribution >= 0.6 is 11.6 Å². The molecule has 9 nitrogen and oxygen atoms in total. The van der Waals surface area contributed by atoms with Crippen LogP contribution in [0.3, 0.4) is 0 Å². The van der Waals surface area contributed by atoms with Crippen LogP contribution in [0.5, 0.6) is 11.5 Å². The molecule has 0 spiro atoms. The molecule has 0 unspecified atom stereocenters. The Balaban J connectivity index is 1.61. The lowest BCUT2D eigenvalue weighted by Gasteiger charge is -2.13. The fourth-order valence-electron chi connectivity index (χ4n) is 2.80. The van der Waals surface area contributed by atoms with Crippen molar-refractivity contribution in [3.8, 4) is 11.5 Å². The molecule has 4 rings (SSSR count). The van der Waals surface area contributed by atoms with Crippen LogP contribution in [0.25, 0.3) is 11.1 Å². The van der Waals surface area contributed by atoms with Crippen molar-refractivity contribution in [1.82, 2.24) is 15.0 Å². The second-order valence-corrected chi connectivity index (χ2v) is 6.47. The molecule has 0 atom stereocenters. The summed E-state index contributed by atoms with van der Waals surface area (Å²) in [4.78, 5) is 21.9. The number of halogens is 2. The molecule has 0 amide bonds. The number of hydrogen-bond acceptors (Lipinski definition) is 8. The number of methoxy groups -OCH3 is 2. The second kappa shape index (κ2) is 7.91. The van der Waals surface area contributed by atoms with Crippen LogP contribution in [0.4, 0.5) is 27.5 Å². The van der Waals surface area contributed by atoms with Crippen molar-refractivity contribution < 1.29 is 18.3 Å². The van der Waals surface area contributed by atoms with Crippen molar-refractivity contribution in [3.63, 3.8) is 0 Å². The van der Waals surface area contributed by atoms with Gasteiger partial charge in [-0.3, -0.25) is 4.98 Å². The van der Waals surface area contributed by atoms with E-state index in [0.29, 0.717) is 39.0 Å². The van der Waals surface area contributed by atoms with Gasteiger partial charge in [0, 0.05) is 17.4 Å². The number of nitrogens with zero attached hydrogens (tertiary/aromatic N) is 2. The number of ether oxygens (including phenoxy) is 2. The Kier molecular flexibility index (Phi) is 5.15. The molecule has 0 aliphatic heterocycles. The highest BCUT2D eigenvalue weighted by atomic mass is 35.5. The van der Waals surface area contributed by atoms with Crippen molar-refractivity contribution >= 4 is 45.8 Å². The number of aromatic amines is 1. The Morgan fingerprint density at radius 1 is 1.13 bits per heavy atom. The average molecular weight is 432 g/mol. The standard InChI is InChI=1S/C19H15ClFN5O4/c1-28-15-7-10(5-11(20)16(15)29-2)24-18-22-8-12(21)17(26-18)23-9-3-4-14-13(6-9)25-19(27)30-14/h3-8H,1-2H3,(H,25,27)(H2,22,23,24,26). The SMILES string of the molecule is COc1cc(Nc2ncc(F)c(Nc3ccc4oc(=O)[nH]c4c3)n2)cc(Cl)c1OC. The number of anilines is 4. The van der Waals surface area contributed by atoms with Gasteiger partial charge in [0.25, 0.3) is 0 Å². The van der Waals surface area contributed by atoms with E-state index in [1.807, 2.05) is 0 Å². The topological polar surface area (TPSA) is 114 Å². The van der Waals surface area contributed by atoms with Gasteiger partial charge in [0.2, 0.25) is 5.95 Å². The summed E-state index contributed by atoms with van der Waals surface area (Å²) >= 11 is 6.20. The molecular weight excluding hydrogens is 417 g/mol. The van der Waals surface area contributed by atoms with Crippen LogP contribution < -0.4 is 25.9 Å². The number of oxazole rings is 1. The van der Waals surface area contributed by atoms with E-state index < -0.39 is 11.6 Å². The molecule has 0 bridgehead atoms. The van der Waals surface area contributed by atoms with E-state index in [1.54, 1.807) is 30.3 Å². The predicted octanol–water partition coefficient (Wildman–Crippen LogP) is 4.21. The maximum absolute atomic E-state index is 14.2. The van der Waals surface area contributed by atoms with Crippen LogP contribution in [0.2, 0.25) is 5.02 Å². The highest BCUT2D eigenvalue weighted by Crippen LogP contribution is 2.38. The lowest BCUT2D eigenvalue weighted by Crippen LogP contribution is -2.04. The third-order valence-corrected chi connectivity index (χ3v) is 4.40. The third-order valence-electron chi connectivity index (χ3n) is 4.12. The first-order chi connectivity index (χ1) is 14.5. The van der Waals surface area contributed by atoms with Gasteiger partial charge in [-0.05, 0) is 24.3 Å². The molecule has 2 aromatic heterocycles. The number of aromatic nitrogens is 3. The number of nitrogens with one attached hydrogen (secondary N) is 3. The first-order valence-corrected chi connectivity index (χ1v) is 8.95. The molecule has 2 aromatic carbocycles. The van der Waals surface area contributed by atoms with Gasteiger partial charge in [0.15, 0.2) is 28.7 Å². The van der Waals surface area contributed by atoms with Crippen molar-refractivity contribution in [3.05, 3.63) is 57.9 Å². The van der Waals surface area contributed by atoms with Gasteiger partial charge >= 0.3 is 5.76 Å². The number of H-pyrrole nitrogens is 1. The van der Waals surface area contributed by atoms with Crippen molar-refractivity contribution in [1.29, 1.82) is 0 Å². The van der Waals surface area contributed by atoms with Crippen molar-refractivity contribution in [2.45, 2.75) is 0 Å². The monoisotopic (exact) mass is 431 g/mol. The van der Waals surface area contributed by atoms with Crippen molar-refractivity contribution in [2.75, 3.05) is 24.9 Å². The summed E-state index contributed by atoms with van der Waals surface area (Å²) in [5, 5.41) is 6.12. The maximum Gasteiger partial charge on any atom is 0.417 e. The normalized spacial score (nSPS) is 10.8. The van der Waals surface area contributed by atoms with E-state index in [1.165, 1.54) is 14.2 Å². The van der Waals surface area contributed by atoms with E-state index in [2.05, 4.69) is 25.6 Å². The predicted molar refractivity (Wildman–Crippen MR) is 110 cm³/mol. The molecule has 2 heterocycles. The zero-order chi connectivity index (χ0) is 21.3. The molecule has 11 heteroatoms. The lowest BCUT2D eigenvalue weighted by molar-refractivity contribution is 0.355. The first-order valence-electron chi connectivity index (χ1n) is 8.58. The Labute approximate surface area is 173 Å². The average Bonchev–Trinajstić information content (AvgIpc) is 3.09. The van der Waals surface area contributed by atoms with Gasteiger partial charge in [0.1, 0.15) is 0 Å². The molecule has 0 aliphatic carbocycles. The number of hydrogen-bond donors (Lipinski definition) is 3. The smallest absolute Gasteiger partial charge is 0.417 e. The summed E-state index contributed by atoms with van der Waals surface area (Å²) in [7, 11) is 2.97. The molecule has 0 radical (unpaired) electrons. The zero-order valence-corrected chi connectivity index (χ0v) is 16.5. The first kappa shape index (κ1) is 19.5. The quantitative estimate of drug-likeness (QED) is 0.416. The molecule has 0 aliphatic rings. The van der Waals surface area contributed by atoms with Gasteiger partial charge in [0.05, 0.1) is 31.0 Å². The van der Waals surface area contributed by atoms with E-state index in [4.69, 9.17) is 25.5 Å². The zero-order valence-electron chi connectivity index (χ0n) is 15.7. The summed E-state index contributed by atoms with van der Waals surface area (Å²) in [6.07, 6.45) is 1.03. The summed E-state index contributed by atoms with van der Waals surface area (Å²) in [5.41, 5.74) is 1.88. The molecule has 4 aromatic rings. The largest absolute Gasteiger partial charge is 0.493 e. The fraction of sp³-hybridized carbons (Fsp3) is 0.105. The van der Waals surface area contributed by atoms with Crippen LogP contribution in [0.15, 0.2) is 45.7 Å². The van der Waals surface area contributed by atoms with E-state index in [9.17, 15) is 9.18 Å². The number of benzene rings is 2. The van der Waals surface area contributed by atoms with Crippen molar-refractivity contribution in [2.24, 2.45) is 0 Å². The number of rotatable bonds is 6. The highest BCUT2D eigenvalue weighted by Gasteiger charge is 2.13. The van der Waals surface area contributed by atoms with E-state index in [-0.39, 0.29) is 11.8 Å². The van der Waals surface area contributed by atoms with Gasteiger partial charge in [-0.25, -0.2) is 14.2 Å². The molecule has 154 valence electrons. The fourth-order valence-corrected chi connectivity index (χ4v) is 3.09. The molecular formula is C19H15ClFN5O4. The molecule has 30 heavy (non-hydrogen) atoms. The van der Waals surface area contributed by atoms with Crippen LogP contribution in [0, 0.1) is 5.82 Å². The van der Waals surface area contributed by atoms with Gasteiger partial charge in [-0.1, -0.05) is 11.6 Å². The molecule has 0 saturated carbocycles. The van der Waals surface area contributed by atoms with Crippen LogP contribution in [-0.2, 0) is 0 Å². The summed E-state index contributed by atoms with van der Waals surface area (Å²) in [5.74, 6) is -0.374. The second-order valence-electron chi connectivity index (χ2n) is 6.06. The summed E-state index contributed by atoms with van der Waals surface area (Å²) in [6.45, 7) is 0. The van der Waals surface area contributed by atoms with Crippen LogP contribution in [0.1, 0.15) is 0 Å².